The Labute approximate surface area is 215 Å². The number of piperidine rings is 1. The second-order valence-electron chi connectivity index (χ2n) is 8.33. The molecule has 1 N–H and O–H groups in total. The van der Waals surface area contributed by atoms with E-state index in [1.165, 1.54) is 12.1 Å². The van der Waals surface area contributed by atoms with Crippen molar-refractivity contribution in [1.82, 2.24) is 15.1 Å². The Morgan fingerprint density at radius 1 is 1.00 bits per heavy atom. The minimum absolute atomic E-state index is 0.167. The van der Waals surface area contributed by atoms with Crippen LogP contribution in [0.1, 0.15) is 50.8 Å². The van der Waals surface area contributed by atoms with Gasteiger partial charge >= 0.3 is 6.16 Å². The van der Waals surface area contributed by atoms with E-state index in [9.17, 15) is 24.0 Å². The van der Waals surface area contributed by atoms with Crippen molar-refractivity contribution in [2.75, 3.05) is 26.2 Å². The fraction of sp³-hybridized carbons (Fsp3) is 0.320. The van der Waals surface area contributed by atoms with Crippen LogP contribution in [0.25, 0.3) is 0 Å². The summed E-state index contributed by atoms with van der Waals surface area (Å²) in [5.74, 6) is -1.30. The highest BCUT2D eigenvalue weighted by atomic mass is 79.9. The van der Waals surface area contributed by atoms with Gasteiger partial charge in [-0.15, -0.1) is 0 Å². The van der Waals surface area contributed by atoms with Crippen molar-refractivity contribution in [1.29, 1.82) is 0 Å². The van der Waals surface area contributed by atoms with Gasteiger partial charge in [0.2, 0.25) is 5.91 Å². The molecule has 11 heteroatoms. The summed E-state index contributed by atoms with van der Waals surface area (Å²) < 4.78 is 10.4. The van der Waals surface area contributed by atoms with Gasteiger partial charge in [-0.25, -0.2) is 4.79 Å². The smallest absolute Gasteiger partial charge is 0.434 e. The summed E-state index contributed by atoms with van der Waals surface area (Å²) in [7, 11) is 0. The number of fused-ring (bicyclic) bond motifs is 1. The molecule has 10 nitrogen and oxygen atoms in total. The minimum Gasteiger partial charge on any atom is -0.434 e. The van der Waals surface area contributed by atoms with E-state index in [0.717, 1.165) is 4.90 Å². The fourth-order valence-electron chi connectivity index (χ4n) is 4.14. The number of halogens is 1. The van der Waals surface area contributed by atoms with Gasteiger partial charge in [-0.3, -0.25) is 24.1 Å². The fourth-order valence-corrected chi connectivity index (χ4v) is 4.50. The summed E-state index contributed by atoms with van der Waals surface area (Å²) in [5.41, 5.74) is 1.00. The first-order chi connectivity index (χ1) is 17.3. The summed E-state index contributed by atoms with van der Waals surface area (Å²) in [4.78, 5) is 64.5. The molecule has 4 amide bonds. The number of carbonyl (C=O) groups excluding carboxylic acids is 5. The van der Waals surface area contributed by atoms with Crippen LogP contribution in [0.5, 0.6) is 5.75 Å². The van der Waals surface area contributed by atoms with Crippen molar-refractivity contribution in [2.24, 2.45) is 0 Å². The molecule has 1 fully saturated rings. The molecule has 0 bridgehead atoms. The van der Waals surface area contributed by atoms with Gasteiger partial charge in [0.15, 0.2) is 0 Å². The zero-order valence-corrected chi connectivity index (χ0v) is 21.1. The van der Waals surface area contributed by atoms with Crippen molar-refractivity contribution in [3.63, 3.8) is 0 Å². The molecule has 0 saturated carbocycles. The van der Waals surface area contributed by atoms with Gasteiger partial charge in [0.05, 0.1) is 17.7 Å². The van der Waals surface area contributed by atoms with Crippen molar-refractivity contribution in [3.8, 4) is 5.75 Å². The zero-order chi connectivity index (χ0) is 25.8. The number of amides is 4. The average Bonchev–Trinajstić information content (AvgIpc) is 3.08. The molecule has 1 saturated heterocycles. The van der Waals surface area contributed by atoms with Gasteiger partial charge in [-0.1, -0.05) is 15.9 Å². The largest absolute Gasteiger partial charge is 0.513 e. The second-order valence-corrected chi connectivity index (χ2v) is 9.25. The normalized spacial score (nSPS) is 15.5. The predicted molar refractivity (Wildman–Crippen MR) is 131 cm³/mol. The predicted octanol–water partition coefficient (Wildman–Crippen LogP) is 3.00. The summed E-state index contributed by atoms with van der Waals surface area (Å²) in [6, 6.07) is 10.8. The van der Waals surface area contributed by atoms with Crippen LogP contribution in [0.2, 0.25) is 0 Å². The number of benzene rings is 2. The van der Waals surface area contributed by atoms with Crippen molar-refractivity contribution >= 4 is 45.7 Å². The highest BCUT2D eigenvalue weighted by Gasteiger charge is 2.37. The number of likely N-dealkylation sites (tertiary alicyclic amines) is 1. The van der Waals surface area contributed by atoms with Gasteiger partial charge < -0.3 is 19.7 Å². The monoisotopic (exact) mass is 557 g/mol. The maximum atomic E-state index is 12.8. The topological polar surface area (TPSA) is 122 Å². The summed E-state index contributed by atoms with van der Waals surface area (Å²) >= 11 is 3.28. The van der Waals surface area contributed by atoms with Crippen LogP contribution >= 0.6 is 15.9 Å². The van der Waals surface area contributed by atoms with Gasteiger partial charge in [-0.2, -0.15) is 0 Å². The minimum atomic E-state index is -0.809. The van der Waals surface area contributed by atoms with Crippen LogP contribution in [0, 0.1) is 0 Å². The average molecular weight is 558 g/mol. The Balaban J connectivity index is 1.25. The first-order valence-corrected chi connectivity index (χ1v) is 12.2. The zero-order valence-electron chi connectivity index (χ0n) is 19.5. The molecule has 2 aromatic rings. The van der Waals surface area contributed by atoms with Gasteiger partial charge in [-0.05, 0) is 62.2 Å². The molecule has 0 radical (unpaired) electrons. The SMILES string of the molecule is CCOC(=O)Oc1ccc(C(=O)N2CCC(NC(=O)CN3C(=O)c4ccc(Br)cc4C3=O)CC2)cc1. The molecular formula is C25H24BrN3O7. The van der Waals surface area contributed by atoms with E-state index < -0.39 is 23.9 Å². The summed E-state index contributed by atoms with van der Waals surface area (Å²) in [5, 5.41) is 2.87. The third-order valence-electron chi connectivity index (χ3n) is 5.95. The maximum Gasteiger partial charge on any atom is 0.513 e. The van der Waals surface area contributed by atoms with Crippen molar-refractivity contribution in [2.45, 2.75) is 25.8 Å². The standard InChI is InChI=1S/C25H24BrN3O7/c1-2-35-25(34)36-18-6-3-15(4-7-18)22(31)28-11-9-17(10-12-28)27-21(30)14-29-23(32)19-8-5-16(26)13-20(19)24(29)33/h3-8,13,17H,2,9-12,14H2,1H3,(H,27,30). The lowest BCUT2D eigenvalue weighted by atomic mass is 10.0. The number of hydrogen-bond donors (Lipinski definition) is 1. The number of nitrogens with zero attached hydrogens (tertiary/aromatic N) is 2. The van der Waals surface area contributed by atoms with E-state index in [2.05, 4.69) is 21.2 Å². The van der Waals surface area contributed by atoms with Crippen molar-refractivity contribution in [3.05, 3.63) is 63.6 Å². The Kier molecular flexibility index (Phi) is 7.68. The van der Waals surface area contributed by atoms with E-state index in [4.69, 9.17) is 9.47 Å². The Bertz CT molecular complexity index is 1210. The molecule has 4 rings (SSSR count). The molecule has 188 valence electrons. The molecule has 0 unspecified atom stereocenters. The second kappa shape index (κ2) is 10.9. The van der Waals surface area contributed by atoms with E-state index in [1.54, 1.807) is 42.2 Å². The van der Waals surface area contributed by atoms with Gasteiger partial charge in [0.1, 0.15) is 12.3 Å². The number of imide groups is 1. The highest BCUT2D eigenvalue weighted by molar-refractivity contribution is 9.10. The number of ether oxygens (including phenoxy) is 2. The Morgan fingerprint density at radius 3 is 2.33 bits per heavy atom. The molecule has 2 aliphatic heterocycles. The molecule has 36 heavy (non-hydrogen) atoms. The van der Waals surface area contributed by atoms with E-state index in [-0.39, 0.29) is 42.0 Å². The van der Waals surface area contributed by atoms with Crippen LogP contribution in [0.15, 0.2) is 46.9 Å². The molecular weight excluding hydrogens is 534 g/mol. The van der Waals surface area contributed by atoms with Crippen LogP contribution in [0.3, 0.4) is 0 Å². The Hall–Kier alpha value is -3.73. The number of rotatable bonds is 6. The molecule has 0 atom stereocenters. The lowest BCUT2D eigenvalue weighted by molar-refractivity contribution is -0.122. The van der Waals surface area contributed by atoms with Crippen LogP contribution in [-0.4, -0.2) is 71.9 Å². The molecule has 0 aromatic heterocycles. The van der Waals surface area contributed by atoms with Gasteiger partial charge in [0, 0.05) is 29.2 Å². The molecule has 2 aromatic carbocycles. The third-order valence-corrected chi connectivity index (χ3v) is 6.44. The molecule has 2 heterocycles. The Morgan fingerprint density at radius 2 is 1.67 bits per heavy atom. The summed E-state index contributed by atoms with van der Waals surface area (Å²) in [6.07, 6.45) is 0.268. The number of nitrogens with one attached hydrogen (secondary N) is 1. The van der Waals surface area contributed by atoms with Crippen LogP contribution in [0.4, 0.5) is 4.79 Å². The lowest BCUT2D eigenvalue weighted by Gasteiger charge is -2.32. The lowest BCUT2D eigenvalue weighted by Crippen LogP contribution is -2.49. The number of carbonyl (C=O) groups is 5. The maximum absolute atomic E-state index is 12.8. The van der Waals surface area contributed by atoms with E-state index >= 15 is 0 Å². The van der Waals surface area contributed by atoms with E-state index in [1.807, 2.05) is 0 Å². The molecule has 2 aliphatic rings. The molecule has 0 spiro atoms. The molecule has 0 aliphatic carbocycles. The van der Waals surface area contributed by atoms with Crippen LogP contribution in [-0.2, 0) is 9.53 Å². The first kappa shape index (κ1) is 25.4. The summed E-state index contributed by atoms with van der Waals surface area (Å²) in [6.45, 7) is 2.39. The third kappa shape index (κ3) is 5.56. The number of hydrogen-bond acceptors (Lipinski definition) is 7. The first-order valence-electron chi connectivity index (χ1n) is 11.5. The van der Waals surface area contributed by atoms with Gasteiger partial charge in [0.25, 0.3) is 17.7 Å². The van der Waals surface area contributed by atoms with Crippen molar-refractivity contribution < 1.29 is 33.4 Å². The van der Waals surface area contributed by atoms with Crippen LogP contribution < -0.4 is 10.1 Å². The highest BCUT2D eigenvalue weighted by Crippen LogP contribution is 2.26. The van der Waals surface area contributed by atoms with E-state index in [0.29, 0.717) is 36.0 Å². The quantitative estimate of drug-likeness (QED) is 0.329.